The summed E-state index contributed by atoms with van der Waals surface area (Å²) in [4.78, 5) is 0. The molecule has 6 atom stereocenters. The maximum Gasteiger partial charge on any atom is 0.364 e. The third kappa shape index (κ3) is 4.77. The molecule has 3 fully saturated rings. The van der Waals surface area contributed by atoms with Gasteiger partial charge >= 0.3 is 6.11 Å². The van der Waals surface area contributed by atoms with E-state index in [0.717, 1.165) is 19.4 Å². The average Bonchev–Trinajstić information content (AvgIpc) is 2.59. The summed E-state index contributed by atoms with van der Waals surface area (Å²) in [6, 6.07) is -0.109. The molecule has 9 heteroatoms. The molecular formula is C19H28F7NO. The van der Waals surface area contributed by atoms with E-state index in [1.807, 2.05) is 0 Å². The zero-order valence-corrected chi connectivity index (χ0v) is 15.8. The Hall–Kier alpha value is -0.570. The number of ether oxygens (including phenoxy) is 1. The van der Waals surface area contributed by atoms with Gasteiger partial charge in [-0.25, -0.2) is 22.0 Å². The second kappa shape index (κ2) is 8.66. The Morgan fingerprint density at radius 1 is 0.821 bits per heavy atom. The van der Waals surface area contributed by atoms with Crippen LogP contribution in [0.5, 0.6) is 0 Å². The van der Waals surface area contributed by atoms with Gasteiger partial charge in [0.25, 0.3) is 0 Å². The van der Waals surface area contributed by atoms with Gasteiger partial charge in [0.15, 0.2) is 6.17 Å². The molecule has 0 aromatic carbocycles. The van der Waals surface area contributed by atoms with Gasteiger partial charge in [0.2, 0.25) is 0 Å². The van der Waals surface area contributed by atoms with Crippen LogP contribution in [-0.4, -0.2) is 55.7 Å². The Morgan fingerprint density at radius 2 is 1.39 bits per heavy atom. The summed E-state index contributed by atoms with van der Waals surface area (Å²) in [5.74, 6) is -2.26. The van der Waals surface area contributed by atoms with E-state index < -0.39 is 67.7 Å². The van der Waals surface area contributed by atoms with E-state index in [1.54, 1.807) is 0 Å². The highest BCUT2D eigenvalue weighted by molar-refractivity contribution is 4.97. The molecule has 0 aromatic heterocycles. The van der Waals surface area contributed by atoms with Crippen LogP contribution >= 0.6 is 0 Å². The third-order valence-corrected chi connectivity index (χ3v) is 6.48. The average molecular weight is 419 g/mol. The number of alkyl halides is 7. The number of nitrogens with one attached hydrogen (secondary N) is 1. The highest BCUT2D eigenvalue weighted by Gasteiger charge is 2.56. The highest BCUT2D eigenvalue weighted by Crippen LogP contribution is 2.46. The molecule has 1 N–H and O–H groups in total. The molecule has 0 radical (unpaired) electrons. The van der Waals surface area contributed by atoms with E-state index in [2.05, 4.69) is 17.0 Å². The Morgan fingerprint density at radius 3 is 1.89 bits per heavy atom. The molecule has 1 heterocycles. The number of rotatable bonds is 4. The van der Waals surface area contributed by atoms with Gasteiger partial charge in [0.1, 0.15) is 30.6 Å². The Labute approximate surface area is 160 Å². The lowest BCUT2D eigenvalue weighted by atomic mass is 9.73. The minimum absolute atomic E-state index is 0.109. The van der Waals surface area contributed by atoms with Crippen molar-refractivity contribution in [1.82, 2.24) is 5.32 Å². The van der Waals surface area contributed by atoms with E-state index in [9.17, 15) is 30.7 Å². The van der Waals surface area contributed by atoms with Crippen LogP contribution in [0.1, 0.15) is 45.4 Å². The van der Waals surface area contributed by atoms with Crippen molar-refractivity contribution in [1.29, 1.82) is 0 Å². The Balaban J connectivity index is 1.61. The monoisotopic (exact) mass is 419 g/mol. The summed E-state index contributed by atoms with van der Waals surface area (Å²) < 4.78 is 103. The van der Waals surface area contributed by atoms with Gasteiger partial charge in [-0.15, -0.1) is 0 Å². The lowest BCUT2D eigenvalue weighted by Gasteiger charge is -2.43. The van der Waals surface area contributed by atoms with Gasteiger partial charge in [-0.05, 0) is 44.1 Å². The van der Waals surface area contributed by atoms with Crippen molar-refractivity contribution in [2.24, 2.45) is 17.8 Å². The molecule has 28 heavy (non-hydrogen) atoms. The summed E-state index contributed by atoms with van der Waals surface area (Å²) >= 11 is 0. The van der Waals surface area contributed by atoms with Gasteiger partial charge < -0.3 is 10.1 Å². The fourth-order valence-corrected chi connectivity index (χ4v) is 4.85. The number of piperidine rings is 1. The van der Waals surface area contributed by atoms with Crippen LogP contribution in [0.4, 0.5) is 30.7 Å². The zero-order chi connectivity index (χ0) is 20.6. The van der Waals surface area contributed by atoms with Crippen LogP contribution in [-0.2, 0) is 4.74 Å². The molecule has 6 unspecified atom stereocenters. The van der Waals surface area contributed by atoms with E-state index >= 15 is 0 Å². The predicted molar refractivity (Wildman–Crippen MR) is 89.9 cm³/mol. The predicted octanol–water partition coefficient (Wildman–Crippen LogP) is 4.86. The van der Waals surface area contributed by atoms with Gasteiger partial charge in [-0.2, -0.15) is 8.78 Å². The van der Waals surface area contributed by atoms with Crippen LogP contribution < -0.4 is 5.32 Å². The zero-order valence-electron chi connectivity index (χ0n) is 15.8. The first-order valence-electron chi connectivity index (χ1n) is 10.1. The number of hydrogen-bond donors (Lipinski definition) is 1. The first-order chi connectivity index (χ1) is 13.1. The molecule has 0 bridgehead atoms. The van der Waals surface area contributed by atoms with Crippen LogP contribution in [0.3, 0.4) is 0 Å². The standard InChI is InChI=1S/C19H28F7NO/c1-9-2-3-16(27-8-9)10-4-12(20)17(13(21)5-10)19(25,26)28-11-6-14(22)18(24)15(23)7-11/h9-18,27H,2-8H2,1H3. The molecule has 1 aliphatic heterocycles. The van der Waals surface area contributed by atoms with E-state index in [1.165, 1.54) is 0 Å². The minimum Gasteiger partial charge on any atom is -0.317 e. The largest absolute Gasteiger partial charge is 0.364 e. The van der Waals surface area contributed by atoms with E-state index in [-0.39, 0.29) is 18.9 Å². The van der Waals surface area contributed by atoms with Gasteiger partial charge in [-0.3, -0.25) is 0 Å². The van der Waals surface area contributed by atoms with Crippen LogP contribution in [0.25, 0.3) is 0 Å². The normalized spacial score (nSPS) is 48.4. The van der Waals surface area contributed by atoms with Crippen LogP contribution in [0, 0.1) is 17.8 Å². The fourth-order valence-electron chi connectivity index (χ4n) is 4.85. The Kier molecular flexibility index (Phi) is 6.84. The summed E-state index contributed by atoms with van der Waals surface area (Å²) in [5, 5.41) is 3.24. The third-order valence-electron chi connectivity index (χ3n) is 6.48. The number of halogens is 7. The van der Waals surface area contributed by atoms with Crippen molar-refractivity contribution in [3.63, 3.8) is 0 Å². The quantitative estimate of drug-likeness (QED) is 0.657. The molecular weight excluding hydrogens is 391 g/mol. The van der Waals surface area contributed by atoms with Crippen LogP contribution in [0.2, 0.25) is 0 Å². The second-order valence-electron chi connectivity index (χ2n) is 8.74. The first kappa shape index (κ1) is 22.1. The van der Waals surface area contributed by atoms with Gasteiger partial charge in [0, 0.05) is 18.9 Å². The van der Waals surface area contributed by atoms with E-state index in [4.69, 9.17) is 0 Å². The fraction of sp³-hybridized carbons (Fsp3) is 1.00. The summed E-state index contributed by atoms with van der Waals surface area (Å²) in [7, 11) is 0. The molecule has 0 spiro atoms. The molecule has 0 amide bonds. The maximum absolute atomic E-state index is 14.6. The van der Waals surface area contributed by atoms with Crippen molar-refractivity contribution in [2.75, 3.05) is 6.54 Å². The van der Waals surface area contributed by atoms with Gasteiger partial charge in [-0.1, -0.05) is 6.92 Å². The lowest BCUT2D eigenvalue weighted by Crippen LogP contribution is -2.54. The van der Waals surface area contributed by atoms with Crippen molar-refractivity contribution < 1.29 is 35.5 Å². The molecule has 2 aliphatic carbocycles. The van der Waals surface area contributed by atoms with Crippen molar-refractivity contribution >= 4 is 0 Å². The number of hydrogen-bond acceptors (Lipinski definition) is 2. The first-order valence-corrected chi connectivity index (χ1v) is 10.1. The highest BCUT2D eigenvalue weighted by atomic mass is 19.3. The lowest BCUT2D eigenvalue weighted by molar-refractivity contribution is -0.323. The summed E-state index contributed by atoms with van der Waals surface area (Å²) in [5.41, 5.74) is 0. The molecule has 3 rings (SSSR count). The van der Waals surface area contributed by atoms with Crippen molar-refractivity contribution in [3.8, 4) is 0 Å². The second-order valence-corrected chi connectivity index (χ2v) is 8.74. The molecule has 164 valence electrons. The molecule has 3 aliphatic rings. The SMILES string of the molecule is CC1CCC(C2CC(F)C(C(F)(F)OC3CC(F)C(F)C(F)C3)C(F)C2)NC1. The molecule has 0 aromatic rings. The summed E-state index contributed by atoms with van der Waals surface area (Å²) in [6.07, 6.45) is -17.3. The molecule has 2 nitrogen and oxygen atoms in total. The maximum atomic E-state index is 14.6. The summed E-state index contributed by atoms with van der Waals surface area (Å²) in [6.45, 7) is 2.79. The Bertz CT molecular complexity index is 493. The van der Waals surface area contributed by atoms with Gasteiger partial charge in [0.05, 0.1) is 6.10 Å². The van der Waals surface area contributed by atoms with Crippen molar-refractivity contribution in [3.05, 3.63) is 0 Å². The smallest absolute Gasteiger partial charge is 0.317 e. The minimum atomic E-state index is -4.22. The topological polar surface area (TPSA) is 21.3 Å². The van der Waals surface area contributed by atoms with Crippen LogP contribution in [0.15, 0.2) is 0 Å². The molecule has 2 saturated carbocycles. The van der Waals surface area contributed by atoms with E-state index in [0.29, 0.717) is 5.92 Å². The van der Waals surface area contributed by atoms with Crippen molar-refractivity contribution in [2.45, 2.75) is 94.6 Å². The molecule has 1 saturated heterocycles.